The molecule has 0 spiro atoms. The fourth-order valence-electron chi connectivity index (χ4n) is 0.470. The highest BCUT2D eigenvalue weighted by atomic mass is 15.3. The molecule has 9 heavy (non-hydrogen) atoms. The van der Waals surface area contributed by atoms with Gasteiger partial charge in [0.1, 0.15) is 0 Å². The molecular weight excluding hydrogens is 118 g/mol. The minimum absolute atomic E-state index is 0.190. The van der Waals surface area contributed by atoms with Crippen molar-refractivity contribution in [1.82, 2.24) is 4.90 Å². The monoisotopic (exact) mass is 129 g/mol. The van der Waals surface area contributed by atoms with E-state index in [1.54, 1.807) is 6.92 Å². The van der Waals surface area contributed by atoms with Crippen molar-refractivity contribution in [3.8, 4) is 0 Å². The summed E-state index contributed by atoms with van der Waals surface area (Å²) in [5.74, 6) is -0.380. The Morgan fingerprint density at radius 3 is 1.67 bits per heavy atom. The molecule has 5 heteroatoms. The van der Waals surface area contributed by atoms with Crippen LogP contribution < -0.4 is 11.5 Å². The normalized spacial score (nSPS) is 8.56. The summed E-state index contributed by atoms with van der Waals surface area (Å²) < 4.78 is 0. The predicted molar refractivity (Wildman–Crippen MR) is 36.2 cm³/mol. The summed E-state index contributed by atoms with van der Waals surface area (Å²) in [6.07, 6.45) is 0. The van der Waals surface area contributed by atoms with Crippen LogP contribution in [0.3, 0.4) is 0 Å². The molecule has 0 unspecified atom stereocenters. The quantitative estimate of drug-likeness (QED) is 0.272. The van der Waals surface area contributed by atoms with Gasteiger partial charge >= 0.3 is 0 Å². The van der Waals surface area contributed by atoms with E-state index in [4.69, 9.17) is 22.3 Å². The first kappa shape index (κ1) is 7.74. The Bertz CT molecular complexity index is 115. The molecule has 0 atom stereocenters. The Labute approximate surface area is 53.6 Å². The molecule has 0 bridgehead atoms. The summed E-state index contributed by atoms with van der Waals surface area (Å²) in [4.78, 5) is 1.18. The Kier molecular flexibility index (Phi) is 2.50. The van der Waals surface area contributed by atoms with E-state index in [0.717, 1.165) is 0 Å². The van der Waals surface area contributed by atoms with Gasteiger partial charge < -0.3 is 11.5 Å². The van der Waals surface area contributed by atoms with Gasteiger partial charge in [-0.2, -0.15) is 0 Å². The van der Waals surface area contributed by atoms with E-state index in [0.29, 0.717) is 6.54 Å². The van der Waals surface area contributed by atoms with Gasteiger partial charge in [-0.25, -0.2) is 0 Å². The summed E-state index contributed by atoms with van der Waals surface area (Å²) in [7, 11) is 0. The second-order valence-corrected chi connectivity index (χ2v) is 1.51. The van der Waals surface area contributed by atoms with Crippen molar-refractivity contribution in [2.24, 2.45) is 11.5 Å². The van der Waals surface area contributed by atoms with E-state index < -0.39 is 0 Å². The van der Waals surface area contributed by atoms with Crippen molar-refractivity contribution in [3.05, 3.63) is 0 Å². The van der Waals surface area contributed by atoms with Crippen molar-refractivity contribution < 1.29 is 0 Å². The molecule has 0 saturated heterocycles. The zero-order valence-electron chi connectivity index (χ0n) is 5.31. The molecule has 0 saturated carbocycles. The average Bonchev–Trinajstić information content (AvgIpc) is 1.64. The van der Waals surface area contributed by atoms with Crippen molar-refractivity contribution in [2.45, 2.75) is 6.92 Å². The Morgan fingerprint density at radius 2 is 1.67 bits per heavy atom. The Balaban J connectivity index is 3.99. The number of nitrogens with zero attached hydrogens (tertiary/aromatic N) is 1. The van der Waals surface area contributed by atoms with E-state index in [-0.39, 0.29) is 11.9 Å². The van der Waals surface area contributed by atoms with Crippen molar-refractivity contribution in [1.29, 1.82) is 10.8 Å². The SMILES string of the molecule is CCN(C(=N)N)C(=N)N. The molecule has 0 radical (unpaired) electrons. The zero-order valence-corrected chi connectivity index (χ0v) is 5.31. The van der Waals surface area contributed by atoms with Crippen LogP contribution >= 0.6 is 0 Å². The number of nitrogens with one attached hydrogen (secondary N) is 2. The van der Waals surface area contributed by atoms with Gasteiger partial charge in [-0.3, -0.25) is 15.7 Å². The first-order chi connectivity index (χ1) is 4.09. The summed E-state index contributed by atoms with van der Waals surface area (Å²) in [5.41, 5.74) is 10.1. The maximum atomic E-state index is 6.86. The Morgan fingerprint density at radius 1 is 1.33 bits per heavy atom. The smallest absolute Gasteiger partial charge is 0.195 e. The molecule has 0 heterocycles. The van der Waals surface area contributed by atoms with Crippen LogP contribution in [0.15, 0.2) is 0 Å². The molecule has 0 aliphatic heterocycles. The standard InChI is InChI=1S/C4H11N5/c1-2-9(3(5)6)4(7)8/h2H2,1H3,(H3,5,6)(H3,7,8). The molecule has 0 aromatic rings. The van der Waals surface area contributed by atoms with E-state index in [1.165, 1.54) is 4.90 Å². The molecule has 52 valence electrons. The van der Waals surface area contributed by atoms with Crippen LogP contribution in [-0.2, 0) is 0 Å². The first-order valence-corrected chi connectivity index (χ1v) is 2.55. The predicted octanol–water partition coefficient (Wildman–Crippen LogP) is -0.905. The lowest BCUT2D eigenvalue weighted by atomic mass is 10.6. The Hall–Kier alpha value is -1.26. The second kappa shape index (κ2) is 2.91. The second-order valence-electron chi connectivity index (χ2n) is 1.51. The zero-order chi connectivity index (χ0) is 7.44. The molecule has 5 nitrogen and oxygen atoms in total. The summed E-state index contributed by atoms with van der Waals surface area (Å²) in [6.45, 7) is 2.23. The van der Waals surface area contributed by atoms with E-state index in [2.05, 4.69) is 0 Å². The van der Waals surface area contributed by atoms with Crippen molar-refractivity contribution in [2.75, 3.05) is 6.54 Å². The van der Waals surface area contributed by atoms with Crippen molar-refractivity contribution in [3.63, 3.8) is 0 Å². The van der Waals surface area contributed by atoms with Gasteiger partial charge in [-0.05, 0) is 6.92 Å². The molecular formula is C4H11N5. The van der Waals surface area contributed by atoms with Gasteiger partial charge in [0.15, 0.2) is 11.9 Å². The molecule has 6 N–H and O–H groups in total. The highest BCUT2D eigenvalue weighted by Crippen LogP contribution is 1.80. The lowest BCUT2D eigenvalue weighted by molar-refractivity contribution is 0.619. The van der Waals surface area contributed by atoms with Gasteiger partial charge in [0.2, 0.25) is 0 Å². The number of nitrogens with two attached hydrogens (primary N) is 2. The van der Waals surface area contributed by atoms with Gasteiger partial charge in [0.25, 0.3) is 0 Å². The van der Waals surface area contributed by atoms with Crippen LogP contribution in [0.1, 0.15) is 6.92 Å². The minimum Gasteiger partial charge on any atom is -0.370 e. The molecule has 0 aliphatic carbocycles. The number of hydrogen-bond acceptors (Lipinski definition) is 2. The van der Waals surface area contributed by atoms with Crippen LogP contribution in [0.5, 0.6) is 0 Å². The third kappa shape index (κ3) is 1.98. The lowest BCUT2D eigenvalue weighted by Gasteiger charge is -2.16. The molecule has 0 amide bonds. The molecule has 0 aliphatic rings. The third-order valence-electron chi connectivity index (χ3n) is 0.898. The van der Waals surface area contributed by atoms with E-state index in [1.807, 2.05) is 0 Å². The third-order valence-corrected chi connectivity index (χ3v) is 0.898. The van der Waals surface area contributed by atoms with Crippen LogP contribution in [0, 0.1) is 10.8 Å². The van der Waals surface area contributed by atoms with Crippen LogP contribution in [0.25, 0.3) is 0 Å². The minimum atomic E-state index is -0.190. The number of guanidine groups is 2. The molecule has 0 fully saturated rings. The molecule has 0 rings (SSSR count). The topological polar surface area (TPSA) is 103 Å². The first-order valence-electron chi connectivity index (χ1n) is 2.55. The lowest BCUT2D eigenvalue weighted by Crippen LogP contribution is -2.44. The van der Waals surface area contributed by atoms with E-state index in [9.17, 15) is 0 Å². The maximum Gasteiger partial charge on any atom is 0.195 e. The van der Waals surface area contributed by atoms with Crippen LogP contribution in [-0.4, -0.2) is 23.4 Å². The fraction of sp³-hybridized carbons (Fsp3) is 0.500. The molecule has 0 aromatic carbocycles. The van der Waals surface area contributed by atoms with Crippen LogP contribution in [0.2, 0.25) is 0 Å². The summed E-state index contributed by atoms with van der Waals surface area (Å²) in [6, 6.07) is 0. The van der Waals surface area contributed by atoms with Gasteiger partial charge in [0, 0.05) is 6.54 Å². The largest absolute Gasteiger partial charge is 0.370 e. The molecule has 0 aromatic heterocycles. The number of rotatable bonds is 1. The van der Waals surface area contributed by atoms with Gasteiger partial charge in [0.05, 0.1) is 0 Å². The fourth-order valence-corrected chi connectivity index (χ4v) is 0.470. The highest BCUT2D eigenvalue weighted by Gasteiger charge is 2.04. The van der Waals surface area contributed by atoms with Crippen LogP contribution in [0.4, 0.5) is 0 Å². The number of hydrogen-bond donors (Lipinski definition) is 4. The maximum absolute atomic E-state index is 6.86. The summed E-state index contributed by atoms with van der Waals surface area (Å²) in [5, 5.41) is 13.7. The summed E-state index contributed by atoms with van der Waals surface area (Å²) >= 11 is 0. The van der Waals surface area contributed by atoms with Crippen molar-refractivity contribution >= 4 is 11.9 Å². The van der Waals surface area contributed by atoms with E-state index >= 15 is 0 Å². The highest BCUT2D eigenvalue weighted by molar-refractivity contribution is 5.94. The van der Waals surface area contributed by atoms with Gasteiger partial charge in [-0.1, -0.05) is 0 Å². The average molecular weight is 129 g/mol. The van der Waals surface area contributed by atoms with Gasteiger partial charge in [-0.15, -0.1) is 0 Å².